The van der Waals surface area contributed by atoms with Crippen LogP contribution in [-0.4, -0.2) is 29.1 Å². The lowest BCUT2D eigenvalue weighted by Gasteiger charge is -2.13. The topological polar surface area (TPSA) is 73.5 Å². The number of aryl methyl sites for hydroxylation is 1. The third kappa shape index (κ3) is 3.83. The van der Waals surface area contributed by atoms with Crippen molar-refractivity contribution in [3.8, 4) is 0 Å². The SMILES string of the molecule is CCNC(=O)[C@H](C)OC(=O)c1cc(C)n(Cc2ccco2)c1C. The molecule has 2 rings (SSSR count). The van der Waals surface area contributed by atoms with Gasteiger partial charge in [0.05, 0.1) is 18.4 Å². The van der Waals surface area contributed by atoms with Crippen molar-refractivity contribution in [1.29, 1.82) is 0 Å². The molecule has 1 atom stereocenters. The van der Waals surface area contributed by atoms with Crippen molar-refractivity contribution in [2.45, 2.75) is 40.3 Å². The van der Waals surface area contributed by atoms with Crippen LogP contribution in [0.4, 0.5) is 0 Å². The van der Waals surface area contributed by atoms with Gasteiger partial charge in [0.2, 0.25) is 0 Å². The molecule has 0 aliphatic carbocycles. The molecule has 2 aromatic heterocycles. The second-order valence-corrected chi connectivity index (χ2v) is 5.39. The fourth-order valence-electron chi connectivity index (χ4n) is 2.40. The number of hydrogen-bond donors (Lipinski definition) is 1. The normalized spacial score (nSPS) is 12.0. The lowest BCUT2D eigenvalue weighted by atomic mass is 10.2. The van der Waals surface area contributed by atoms with Gasteiger partial charge in [0.1, 0.15) is 5.76 Å². The molecule has 0 spiro atoms. The predicted molar refractivity (Wildman–Crippen MR) is 85.3 cm³/mol. The van der Waals surface area contributed by atoms with Crippen LogP contribution >= 0.6 is 0 Å². The van der Waals surface area contributed by atoms with Crippen molar-refractivity contribution in [1.82, 2.24) is 9.88 Å². The summed E-state index contributed by atoms with van der Waals surface area (Å²) in [7, 11) is 0. The van der Waals surface area contributed by atoms with Crippen molar-refractivity contribution >= 4 is 11.9 Å². The van der Waals surface area contributed by atoms with Crippen LogP contribution in [0.3, 0.4) is 0 Å². The van der Waals surface area contributed by atoms with E-state index in [-0.39, 0.29) is 5.91 Å². The van der Waals surface area contributed by atoms with E-state index in [1.165, 1.54) is 0 Å². The summed E-state index contributed by atoms with van der Waals surface area (Å²) in [6.45, 7) is 8.19. The van der Waals surface area contributed by atoms with E-state index >= 15 is 0 Å². The Kier molecular flexibility index (Phi) is 5.26. The van der Waals surface area contributed by atoms with Gasteiger partial charge in [-0.15, -0.1) is 0 Å². The van der Waals surface area contributed by atoms with E-state index in [1.54, 1.807) is 19.3 Å². The summed E-state index contributed by atoms with van der Waals surface area (Å²) in [6, 6.07) is 5.48. The molecule has 0 unspecified atom stereocenters. The van der Waals surface area contributed by atoms with Crippen LogP contribution in [0.15, 0.2) is 28.9 Å². The van der Waals surface area contributed by atoms with Crippen LogP contribution in [0.5, 0.6) is 0 Å². The zero-order valence-corrected chi connectivity index (χ0v) is 13.9. The zero-order chi connectivity index (χ0) is 17.0. The first-order valence-corrected chi connectivity index (χ1v) is 7.61. The van der Waals surface area contributed by atoms with Crippen LogP contribution < -0.4 is 5.32 Å². The van der Waals surface area contributed by atoms with Gasteiger partial charge >= 0.3 is 5.97 Å². The van der Waals surface area contributed by atoms with Crippen LogP contribution in [0.2, 0.25) is 0 Å². The average molecular weight is 318 g/mol. The van der Waals surface area contributed by atoms with Crippen LogP contribution in [0.1, 0.15) is 41.4 Å². The highest BCUT2D eigenvalue weighted by Gasteiger charge is 2.22. The molecule has 0 bridgehead atoms. The first-order chi connectivity index (χ1) is 10.9. The molecule has 6 nitrogen and oxygen atoms in total. The Morgan fingerprint density at radius 3 is 2.74 bits per heavy atom. The molecule has 0 aliphatic rings. The highest BCUT2D eigenvalue weighted by Crippen LogP contribution is 2.19. The maximum Gasteiger partial charge on any atom is 0.340 e. The van der Waals surface area contributed by atoms with Gasteiger partial charge in [0.15, 0.2) is 6.10 Å². The van der Waals surface area contributed by atoms with Crippen molar-refractivity contribution in [3.05, 3.63) is 47.2 Å². The number of ether oxygens (including phenoxy) is 1. The third-order valence-electron chi connectivity index (χ3n) is 3.69. The number of carbonyl (C=O) groups is 2. The first kappa shape index (κ1) is 16.9. The minimum atomic E-state index is -0.824. The second-order valence-electron chi connectivity index (χ2n) is 5.39. The number of likely N-dealkylation sites (N-methyl/N-ethyl adjacent to an activating group) is 1. The van der Waals surface area contributed by atoms with Gasteiger partial charge in [-0.3, -0.25) is 4.79 Å². The summed E-state index contributed by atoms with van der Waals surface area (Å²) in [4.78, 5) is 24.0. The quantitative estimate of drug-likeness (QED) is 0.830. The smallest absolute Gasteiger partial charge is 0.340 e. The standard InChI is InChI=1S/C17H22N2O4/c1-5-18-16(20)13(4)23-17(21)15-9-11(2)19(12(15)3)10-14-7-6-8-22-14/h6-9,13H,5,10H2,1-4H3,(H,18,20)/t13-/m0/s1. The number of nitrogens with one attached hydrogen (secondary N) is 1. The molecule has 6 heteroatoms. The van der Waals surface area contributed by atoms with Gasteiger partial charge in [0.25, 0.3) is 5.91 Å². The number of amides is 1. The largest absolute Gasteiger partial charge is 0.467 e. The molecule has 0 aliphatic heterocycles. The van der Waals surface area contributed by atoms with Gasteiger partial charge in [-0.05, 0) is 45.9 Å². The molecule has 0 radical (unpaired) electrons. The van der Waals surface area contributed by atoms with E-state index < -0.39 is 12.1 Å². The monoisotopic (exact) mass is 318 g/mol. The Morgan fingerprint density at radius 2 is 2.13 bits per heavy atom. The molecule has 0 saturated carbocycles. The minimum Gasteiger partial charge on any atom is -0.467 e. The fraction of sp³-hybridized carbons (Fsp3) is 0.412. The molecule has 0 aromatic carbocycles. The van der Waals surface area contributed by atoms with Crippen LogP contribution in [0.25, 0.3) is 0 Å². The van der Waals surface area contributed by atoms with Crippen LogP contribution in [0, 0.1) is 13.8 Å². The van der Waals surface area contributed by atoms with Gasteiger partial charge in [-0.2, -0.15) is 0 Å². The van der Waals surface area contributed by atoms with Crippen molar-refractivity contribution in [2.75, 3.05) is 6.54 Å². The van der Waals surface area contributed by atoms with Gasteiger partial charge < -0.3 is 19.0 Å². The van der Waals surface area contributed by atoms with Crippen molar-refractivity contribution in [3.63, 3.8) is 0 Å². The lowest BCUT2D eigenvalue weighted by molar-refractivity contribution is -0.128. The van der Waals surface area contributed by atoms with E-state index in [1.807, 2.05) is 37.5 Å². The summed E-state index contributed by atoms with van der Waals surface area (Å²) in [5.41, 5.74) is 2.17. The molecule has 1 amide bonds. The molecular weight excluding hydrogens is 296 g/mol. The van der Waals surface area contributed by atoms with E-state index in [0.717, 1.165) is 17.1 Å². The van der Waals surface area contributed by atoms with E-state index in [9.17, 15) is 9.59 Å². The number of nitrogens with zero attached hydrogens (tertiary/aromatic N) is 1. The van der Waals surface area contributed by atoms with Crippen LogP contribution in [-0.2, 0) is 16.1 Å². The number of carbonyl (C=O) groups excluding carboxylic acids is 2. The van der Waals surface area contributed by atoms with Gasteiger partial charge in [-0.1, -0.05) is 0 Å². The first-order valence-electron chi connectivity index (χ1n) is 7.61. The Bertz CT molecular complexity index is 686. The number of esters is 1. The number of hydrogen-bond acceptors (Lipinski definition) is 4. The molecule has 2 aromatic rings. The summed E-state index contributed by atoms with van der Waals surface area (Å²) in [5, 5.41) is 2.63. The Morgan fingerprint density at radius 1 is 1.39 bits per heavy atom. The molecule has 23 heavy (non-hydrogen) atoms. The number of aromatic nitrogens is 1. The van der Waals surface area contributed by atoms with Gasteiger partial charge in [0, 0.05) is 17.9 Å². The summed E-state index contributed by atoms with van der Waals surface area (Å²) < 4.78 is 12.6. The number of furan rings is 1. The Balaban J connectivity index is 2.14. The second kappa shape index (κ2) is 7.17. The Labute approximate surface area is 135 Å². The molecule has 124 valence electrons. The highest BCUT2D eigenvalue weighted by molar-refractivity contribution is 5.93. The summed E-state index contributed by atoms with van der Waals surface area (Å²) in [5.74, 6) is 0.00944. The molecule has 2 heterocycles. The lowest BCUT2D eigenvalue weighted by Crippen LogP contribution is -2.35. The maximum absolute atomic E-state index is 12.3. The number of rotatable bonds is 6. The Hall–Kier alpha value is -2.50. The fourth-order valence-corrected chi connectivity index (χ4v) is 2.40. The summed E-state index contributed by atoms with van der Waals surface area (Å²) in [6.07, 6.45) is 0.794. The van der Waals surface area contributed by atoms with Crippen molar-refractivity contribution < 1.29 is 18.7 Å². The average Bonchev–Trinajstić information content (AvgIpc) is 3.11. The zero-order valence-electron chi connectivity index (χ0n) is 13.9. The van der Waals surface area contributed by atoms with Crippen molar-refractivity contribution in [2.24, 2.45) is 0 Å². The summed E-state index contributed by atoms with van der Waals surface area (Å²) >= 11 is 0. The third-order valence-corrected chi connectivity index (χ3v) is 3.69. The van der Waals surface area contributed by atoms with E-state index in [0.29, 0.717) is 18.7 Å². The minimum absolute atomic E-state index is 0.301. The molecule has 0 fully saturated rings. The van der Waals surface area contributed by atoms with E-state index in [2.05, 4.69) is 5.32 Å². The van der Waals surface area contributed by atoms with Gasteiger partial charge in [-0.25, -0.2) is 4.79 Å². The molecule has 1 N–H and O–H groups in total. The molecule has 0 saturated heterocycles. The van der Waals surface area contributed by atoms with E-state index in [4.69, 9.17) is 9.15 Å². The highest BCUT2D eigenvalue weighted by atomic mass is 16.5. The predicted octanol–water partition coefficient (Wildman–Crippen LogP) is 2.43. The molecular formula is C17H22N2O4. The maximum atomic E-state index is 12.3.